The van der Waals surface area contributed by atoms with Crippen LogP contribution in [0, 0.1) is 0 Å². The van der Waals surface area contributed by atoms with Gasteiger partial charge in [-0.3, -0.25) is 4.79 Å². The number of unbranched alkanes of at least 4 members (excludes halogenated alkanes) is 1. The number of ether oxygens (including phenoxy) is 5. The molecule has 1 fully saturated rings. The molecule has 0 aromatic heterocycles. The SMILES string of the molecule is CC(C)=CCC/C(C)=C/COCCOCCOCCOCCOC(=O)CCCC[C@@H]1CCSS1. The Kier molecular flexibility index (Phi) is 21.3. The van der Waals surface area contributed by atoms with Gasteiger partial charge in [-0.05, 0) is 52.9 Å². The molecule has 0 radical (unpaired) electrons. The van der Waals surface area contributed by atoms with Gasteiger partial charge in [0.15, 0.2) is 0 Å². The predicted molar refractivity (Wildman–Crippen MR) is 144 cm³/mol. The lowest BCUT2D eigenvalue weighted by Crippen LogP contribution is -2.14. The number of allylic oxidation sites excluding steroid dienone is 3. The van der Waals surface area contributed by atoms with Crippen LogP contribution in [0.2, 0.25) is 0 Å². The van der Waals surface area contributed by atoms with Crippen molar-refractivity contribution < 1.29 is 28.5 Å². The van der Waals surface area contributed by atoms with E-state index < -0.39 is 0 Å². The average molecular weight is 519 g/mol. The maximum absolute atomic E-state index is 11.7. The van der Waals surface area contributed by atoms with Crippen molar-refractivity contribution in [3.05, 3.63) is 23.3 Å². The van der Waals surface area contributed by atoms with E-state index in [-0.39, 0.29) is 5.97 Å². The molecule has 0 bridgehead atoms. The standard InChI is InChI=1S/C26H46O6S2/c1-23(2)7-6-8-24(3)11-13-28-14-15-29-16-17-30-18-19-31-20-21-32-26(27)10-5-4-9-25-12-22-33-34-25/h7,11,25H,4-6,8-10,12-22H2,1-3H3/b24-11+/t25-/m1/s1. The Labute approximate surface area is 215 Å². The molecule has 0 aromatic rings. The third-order valence-electron chi connectivity index (χ3n) is 5.13. The second-order valence-electron chi connectivity index (χ2n) is 8.58. The van der Waals surface area contributed by atoms with Crippen LogP contribution in [0.15, 0.2) is 23.3 Å². The maximum Gasteiger partial charge on any atom is 0.305 e. The first kappa shape index (κ1) is 31.5. The molecule has 0 unspecified atom stereocenters. The van der Waals surface area contributed by atoms with Crippen LogP contribution < -0.4 is 0 Å². The molecule has 1 saturated heterocycles. The molecule has 1 rings (SSSR count). The average Bonchev–Trinajstić information content (AvgIpc) is 3.32. The number of hydrogen-bond donors (Lipinski definition) is 0. The first-order valence-electron chi connectivity index (χ1n) is 12.6. The predicted octanol–water partition coefficient (Wildman–Crippen LogP) is 6.00. The summed E-state index contributed by atoms with van der Waals surface area (Å²) in [7, 11) is 3.96. The van der Waals surface area contributed by atoms with Crippen molar-refractivity contribution in [3.63, 3.8) is 0 Å². The van der Waals surface area contributed by atoms with Crippen molar-refractivity contribution >= 4 is 27.6 Å². The molecule has 1 atom stereocenters. The van der Waals surface area contributed by atoms with E-state index >= 15 is 0 Å². The molecule has 0 N–H and O–H groups in total. The highest BCUT2D eigenvalue weighted by molar-refractivity contribution is 8.77. The van der Waals surface area contributed by atoms with Gasteiger partial charge in [0, 0.05) is 17.4 Å². The second kappa shape index (κ2) is 22.9. The molecule has 0 saturated carbocycles. The highest BCUT2D eigenvalue weighted by Crippen LogP contribution is 2.39. The largest absolute Gasteiger partial charge is 0.463 e. The summed E-state index contributed by atoms with van der Waals surface area (Å²) >= 11 is 0. The van der Waals surface area contributed by atoms with E-state index in [1.165, 1.54) is 29.7 Å². The van der Waals surface area contributed by atoms with Gasteiger partial charge in [0.05, 0.1) is 52.9 Å². The summed E-state index contributed by atoms with van der Waals surface area (Å²) in [5.41, 5.74) is 2.72. The highest BCUT2D eigenvalue weighted by Gasteiger charge is 2.15. The lowest BCUT2D eigenvalue weighted by Gasteiger charge is -2.08. The van der Waals surface area contributed by atoms with Crippen molar-refractivity contribution in [2.45, 2.75) is 71.0 Å². The quantitative estimate of drug-likeness (QED) is 0.0748. The molecule has 1 aliphatic heterocycles. The Morgan fingerprint density at radius 3 is 2.09 bits per heavy atom. The molecular weight excluding hydrogens is 472 g/mol. The van der Waals surface area contributed by atoms with E-state index in [4.69, 9.17) is 23.7 Å². The Hall–Kier alpha value is -0.510. The van der Waals surface area contributed by atoms with Crippen molar-refractivity contribution in [2.24, 2.45) is 0 Å². The number of hydrogen-bond acceptors (Lipinski definition) is 8. The molecule has 0 spiro atoms. The Morgan fingerprint density at radius 2 is 1.47 bits per heavy atom. The van der Waals surface area contributed by atoms with Crippen LogP contribution >= 0.6 is 21.6 Å². The highest BCUT2D eigenvalue weighted by atomic mass is 33.1. The summed E-state index contributed by atoms with van der Waals surface area (Å²) in [6.45, 7) is 10.9. The van der Waals surface area contributed by atoms with E-state index in [9.17, 15) is 4.79 Å². The number of carbonyl (C=O) groups is 1. The maximum atomic E-state index is 11.7. The lowest BCUT2D eigenvalue weighted by atomic mass is 10.1. The zero-order chi connectivity index (χ0) is 24.7. The van der Waals surface area contributed by atoms with Crippen LogP contribution in [0.4, 0.5) is 0 Å². The third-order valence-corrected chi connectivity index (χ3v) is 8.14. The molecule has 0 aliphatic carbocycles. The van der Waals surface area contributed by atoms with Crippen LogP contribution in [-0.2, 0) is 28.5 Å². The molecule has 1 heterocycles. The third kappa shape index (κ3) is 20.8. The fourth-order valence-electron chi connectivity index (χ4n) is 3.13. The Balaban J connectivity index is 1.75. The molecule has 1 aliphatic rings. The molecule has 0 amide bonds. The summed E-state index contributed by atoms with van der Waals surface area (Å²) in [4.78, 5) is 11.7. The fourth-order valence-corrected chi connectivity index (χ4v) is 6.15. The van der Waals surface area contributed by atoms with Gasteiger partial charge in [0.25, 0.3) is 0 Å². The van der Waals surface area contributed by atoms with Crippen molar-refractivity contribution in [2.75, 3.05) is 65.2 Å². The number of esters is 1. The Bertz CT molecular complexity index is 557. The van der Waals surface area contributed by atoms with Crippen LogP contribution in [0.1, 0.15) is 65.7 Å². The van der Waals surface area contributed by atoms with E-state index in [1.807, 2.05) is 21.6 Å². The summed E-state index contributed by atoms with van der Waals surface area (Å²) in [5.74, 6) is 1.14. The van der Waals surface area contributed by atoms with Gasteiger partial charge in [0.1, 0.15) is 6.61 Å². The molecule has 0 aromatic carbocycles. The van der Waals surface area contributed by atoms with Gasteiger partial charge in [-0.1, -0.05) is 51.3 Å². The minimum Gasteiger partial charge on any atom is -0.463 e. The number of rotatable bonds is 22. The van der Waals surface area contributed by atoms with Crippen LogP contribution in [0.3, 0.4) is 0 Å². The van der Waals surface area contributed by atoms with Crippen molar-refractivity contribution in [1.29, 1.82) is 0 Å². The second-order valence-corrected chi connectivity index (χ2v) is 11.4. The normalized spacial score (nSPS) is 16.1. The van der Waals surface area contributed by atoms with E-state index in [1.54, 1.807) is 0 Å². The van der Waals surface area contributed by atoms with E-state index in [0.29, 0.717) is 65.9 Å². The van der Waals surface area contributed by atoms with Gasteiger partial charge in [-0.15, -0.1) is 0 Å². The first-order chi connectivity index (χ1) is 16.6. The van der Waals surface area contributed by atoms with E-state index in [0.717, 1.165) is 30.9 Å². The Morgan fingerprint density at radius 1 is 0.824 bits per heavy atom. The van der Waals surface area contributed by atoms with Crippen LogP contribution in [-0.4, -0.2) is 76.4 Å². The van der Waals surface area contributed by atoms with Crippen molar-refractivity contribution in [3.8, 4) is 0 Å². The minimum absolute atomic E-state index is 0.125. The molecule has 6 nitrogen and oxygen atoms in total. The summed E-state index contributed by atoms with van der Waals surface area (Å²) in [6.07, 6.45) is 11.6. The molecule has 34 heavy (non-hydrogen) atoms. The smallest absolute Gasteiger partial charge is 0.305 e. The fraction of sp³-hybridized carbons (Fsp3) is 0.808. The van der Waals surface area contributed by atoms with Crippen molar-refractivity contribution in [1.82, 2.24) is 0 Å². The van der Waals surface area contributed by atoms with Gasteiger partial charge in [0.2, 0.25) is 0 Å². The van der Waals surface area contributed by atoms with Gasteiger partial charge in [-0.25, -0.2) is 0 Å². The minimum atomic E-state index is -0.125. The first-order valence-corrected chi connectivity index (χ1v) is 15.0. The van der Waals surface area contributed by atoms with Gasteiger partial charge in [-0.2, -0.15) is 0 Å². The molecule has 198 valence electrons. The summed E-state index contributed by atoms with van der Waals surface area (Å²) in [5, 5.41) is 0.779. The topological polar surface area (TPSA) is 63.2 Å². The summed E-state index contributed by atoms with van der Waals surface area (Å²) < 4.78 is 27.2. The number of carbonyl (C=O) groups excluding carboxylic acids is 1. The van der Waals surface area contributed by atoms with E-state index in [2.05, 4.69) is 32.9 Å². The molecule has 8 heteroatoms. The zero-order valence-electron chi connectivity index (χ0n) is 21.5. The van der Waals surface area contributed by atoms with Gasteiger partial charge >= 0.3 is 5.97 Å². The van der Waals surface area contributed by atoms with Crippen LogP contribution in [0.5, 0.6) is 0 Å². The van der Waals surface area contributed by atoms with Crippen LogP contribution in [0.25, 0.3) is 0 Å². The van der Waals surface area contributed by atoms with Gasteiger partial charge < -0.3 is 23.7 Å². The lowest BCUT2D eigenvalue weighted by molar-refractivity contribution is -0.145. The zero-order valence-corrected chi connectivity index (χ0v) is 23.2. The molecular formula is C26H46O6S2. The monoisotopic (exact) mass is 518 g/mol. The summed E-state index contributed by atoms with van der Waals surface area (Å²) in [6, 6.07) is 0.